The fourth-order valence-electron chi connectivity index (χ4n) is 5.67. The molecule has 0 radical (unpaired) electrons. The number of imidazole rings is 1. The van der Waals surface area contributed by atoms with Crippen LogP contribution in [0.5, 0.6) is 11.5 Å². The molecule has 2 aromatic heterocycles. The summed E-state index contributed by atoms with van der Waals surface area (Å²) in [5, 5.41) is 0. The van der Waals surface area contributed by atoms with E-state index in [4.69, 9.17) is 14.5 Å². The molecular formula is C35H36N4O3. The predicted octanol–water partition coefficient (Wildman–Crippen LogP) is 6.26. The third kappa shape index (κ3) is 5.48. The number of piperazine rings is 1. The zero-order valence-corrected chi connectivity index (χ0v) is 24.6. The average molecular weight is 561 g/mol. The van der Waals surface area contributed by atoms with Crippen molar-refractivity contribution in [3.8, 4) is 33.9 Å². The molecule has 1 amide bonds. The summed E-state index contributed by atoms with van der Waals surface area (Å²) in [6.45, 7) is 7.93. The van der Waals surface area contributed by atoms with E-state index in [9.17, 15) is 4.79 Å². The number of carbonyl (C=O) groups is 1. The van der Waals surface area contributed by atoms with E-state index in [1.165, 1.54) is 22.3 Å². The molecule has 0 saturated carbocycles. The molecule has 0 atom stereocenters. The van der Waals surface area contributed by atoms with Crippen molar-refractivity contribution in [3.05, 3.63) is 107 Å². The number of benzene rings is 3. The second kappa shape index (κ2) is 11.7. The number of methoxy groups -OCH3 is 2. The lowest BCUT2D eigenvalue weighted by atomic mass is 10.00. The van der Waals surface area contributed by atoms with E-state index in [2.05, 4.69) is 71.8 Å². The first-order chi connectivity index (χ1) is 20.4. The third-order valence-electron chi connectivity index (χ3n) is 8.15. The van der Waals surface area contributed by atoms with Crippen molar-refractivity contribution in [1.29, 1.82) is 0 Å². The summed E-state index contributed by atoms with van der Waals surface area (Å²) in [5.41, 5.74) is 9.63. The molecule has 6 rings (SSSR count). The maximum absolute atomic E-state index is 13.2. The molecule has 0 N–H and O–H groups in total. The van der Waals surface area contributed by atoms with Crippen LogP contribution in [0.4, 0.5) is 0 Å². The molecule has 0 spiro atoms. The summed E-state index contributed by atoms with van der Waals surface area (Å²) in [7, 11) is 3.31. The quantitative estimate of drug-likeness (QED) is 0.235. The Morgan fingerprint density at radius 2 is 1.43 bits per heavy atom. The highest BCUT2D eigenvalue weighted by molar-refractivity contribution is 5.94. The zero-order valence-electron chi connectivity index (χ0n) is 24.6. The smallest absolute Gasteiger partial charge is 0.253 e. The molecule has 42 heavy (non-hydrogen) atoms. The van der Waals surface area contributed by atoms with Gasteiger partial charge in [0.15, 0.2) is 0 Å². The number of rotatable bonds is 7. The van der Waals surface area contributed by atoms with Crippen molar-refractivity contribution in [3.63, 3.8) is 0 Å². The first kappa shape index (κ1) is 27.5. The van der Waals surface area contributed by atoms with Gasteiger partial charge in [0, 0.05) is 50.0 Å². The third-order valence-corrected chi connectivity index (χ3v) is 8.15. The number of ether oxygens (including phenoxy) is 2. The number of nitrogens with zero attached hydrogens (tertiary/aromatic N) is 4. The Bertz CT molecular complexity index is 1720. The van der Waals surface area contributed by atoms with Crippen LogP contribution in [0, 0.1) is 13.8 Å². The van der Waals surface area contributed by atoms with Gasteiger partial charge >= 0.3 is 0 Å². The van der Waals surface area contributed by atoms with Gasteiger partial charge in [-0.15, -0.1) is 0 Å². The second-order valence-electron chi connectivity index (χ2n) is 10.9. The highest BCUT2D eigenvalue weighted by Gasteiger charge is 2.25. The Morgan fingerprint density at radius 1 is 0.786 bits per heavy atom. The minimum Gasteiger partial charge on any atom is -0.497 e. The van der Waals surface area contributed by atoms with Gasteiger partial charge in [0.05, 0.1) is 25.6 Å². The molecular weight excluding hydrogens is 524 g/mol. The highest BCUT2D eigenvalue weighted by atomic mass is 16.5. The fraction of sp³-hybridized carbons (Fsp3) is 0.257. The Morgan fingerprint density at radius 3 is 2.10 bits per heavy atom. The van der Waals surface area contributed by atoms with Gasteiger partial charge in [-0.25, -0.2) is 4.98 Å². The summed E-state index contributed by atoms with van der Waals surface area (Å²) >= 11 is 0. The number of hydrogen-bond acceptors (Lipinski definition) is 5. The van der Waals surface area contributed by atoms with E-state index in [1.807, 2.05) is 41.3 Å². The first-order valence-electron chi connectivity index (χ1n) is 14.3. The van der Waals surface area contributed by atoms with Crippen LogP contribution >= 0.6 is 0 Å². The van der Waals surface area contributed by atoms with Gasteiger partial charge in [0.25, 0.3) is 5.91 Å². The van der Waals surface area contributed by atoms with Gasteiger partial charge in [0.1, 0.15) is 17.1 Å². The molecule has 1 aliphatic rings. The minimum absolute atomic E-state index is 0.0594. The van der Waals surface area contributed by atoms with Crippen LogP contribution in [-0.2, 0) is 6.54 Å². The van der Waals surface area contributed by atoms with E-state index in [0.717, 1.165) is 53.7 Å². The van der Waals surface area contributed by atoms with Gasteiger partial charge in [-0.2, -0.15) is 0 Å². The Hall–Kier alpha value is -4.62. The first-order valence-corrected chi connectivity index (χ1v) is 14.3. The van der Waals surface area contributed by atoms with E-state index in [1.54, 1.807) is 14.2 Å². The van der Waals surface area contributed by atoms with E-state index >= 15 is 0 Å². The summed E-state index contributed by atoms with van der Waals surface area (Å²) in [5.74, 6) is 1.63. The predicted molar refractivity (Wildman–Crippen MR) is 166 cm³/mol. The highest BCUT2D eigenvalue weighted by Crippen LogP contribution is 2.31. The van der Waals surface area contributed by atoms with E-state index in [0.29, 0.717) is 18.7 Å². The number of carbonyl (C=O) groups excluding carboxylic acids is 1. The Labute approximate surface area is 246 Å². The molecule has 0 bridgehead atoms. The number of hydrogen-bond donors (Lipinski definition) is 0. The van der Waals surface area contributed by atoms with Gasteiger partial charge in [-0.05, 0) is 91.2 Å². The molecule has 3 heterocycles. The van der Waals surface area contributed by atoms with Crippen LogP contribution in [0.3, 0.4) is 0 Å². The topological polar surface area (TPSA) is 59.3 Å². The maximum atomic E-state index is 13.2. The number of aromatic nitrogens is 2. The zero-order chi connectivity index (χ0) is 29.2. The van der Waals surface area contributed by atoms with Crippen LogP contribution in [0.2, 0.25) is 0 Å². The largest absolute Gasteiger partial charge is 0.497 e. The van der Waals surface area contributed by atoms with Crippen LogP contribution in [0.1, 0.15) is 27.2 Å². The average Bonchev–Trinajstić information content (AvgIpc) is 3.39. The van der Waals surface area contributed by atoms with Crippen molar-refractivity contribution < 1.29 is 14.3 Å². The summed E-state index contributed by atoms with van der Waals surface area (Å²) in [6.07, 6.45) is 2.22. The summed E-state index contributed by atoms with van der Waals surface area (Å²) < 4.78 is 12.9. The van der Waals surface area contributed by atoms with Gasteiger partial charge < -0.3 is 18.8 Å². The van der Waals surface area contributed by atoms with Gasteiger partial charge in [0.2, 0.25) is 0 Å². The van der Waals surface area contributed by atoms with Crippen molar-refractivity contribution in [2.24, 2.45) is 0 Å². The number of amides is 1. The standard InChI is InChI=1S/C35H36N4O3/c1-24-5-6-25(2)31(21-24)28-11-16-33-36-34(26-7-12-29(41-3)13-8-26)32(39(33)22-28)23-37-17-19-38(20-18-37)35(40)27-9-14-30(42-4)15-10-27/h5-16,21-22H,17-20,23H2,1-4H3. The van der Waals surface area contributed by atoms with Crippen molar-refractivity contribution >= 4 is 11.6 Å². The van der Waals surface area contributed by atoms with E-state index < -0.39 is 0 Å². The van der Waals surface area contributed by atoms with Crippen molar-refractivity contribution in [2.75, 3.05) is 40.4 Å². The molecule has 7 heteroatoms. The van der Waals surface area contributed by atoms with Crippen molar-refractivity contribution in [1.82, 2.24) is 19.2 Å². The molecule has 1 saturated heterocycles. The monoisotopic (exact) mass is 560 g/mol. The Kier molecular flexibility index (Phi) is 7.68. The minimum atomic E-state index is 0.0594. The number of fused-ring (bicyclic) bond motifs is 1. The lowest BCUT2D eigenvalue weighted by Crippen LogP contribution is -2.48. The van der Waals surface area contributed by atoms with Gasteiger partial charge in [-0.3, -0.25) is 9.69 Å². The second-order valence-corrected chi connectivity index (χ2v) is 10.9. The maximum Gasteiger partial charge on any atom is 0.253 e. The van der Waals surface area contributed by atoms with Crippen LogP contribution < -0.4 is 9.47 Å². The number of aryl methyl sites for hydroxylation is 2. The molecule has 7 nitrogen and oxygen atoms in total. The lowest BCUT2D eigenvalue weighted by molar-refractivity contribution is 0.0627. The Balaban J connectivity index is 1.30. The molecule has 5 aromatic rings. The molecule has 0 aliphatic carbocycles. The van der Waals surface area contributed by atoms with Crippen LogP contribution in [0.15, 0.2) is 85.1 Å². The molecule has 1 aliphatic heterocycles. The lowest BCUT2D eigenvalue weighted by Gasteiger charge is -2.34. The molecule has 0 unspecified atom stereocenters. The number of pyridine rings is 1. The van der Waals surface area contributed by atoms with Crippen LogP contribution in [0.25, 0.3) is 28.0 Å². The van der Waals surface area contributed by atoms with Crippen LogP contribution in [-0.4, -0.2) is 65.5 Å². The SMILES string of the molecule is COc1ccc(C(=O)N2CCN(Cc3c(-c4ccc(OC)cc4)nc4ccc(-c5cc(C)ccc5C)cn34)CC2)cc1. The molecule has 3 aromatic carbocycles. The summed E-state index contributed by atoms with van der Waals surface area (Å²) in [6, 6.07) is 26.3. The van der Waals surface area contributed by atoms with Crippen molar-refractivity contribution in [2.45, 2.75) is 20.4 Å². The summed E-state index contributed by atoms with van der Waals surface area (Å²) in [4.78, 5) is 22.6. The molecule has 1 fully saturated rings. The normalized spacial score (nSPS) is 13.9. The van der Waals surface area contributed by atoms with Gasteiger partial charge in [-0.1, -0.05) is 23.8 Å². The van der Waals surface area contributed by atoms with E-state index in [-0.39, 0.29) is 5.91 Å². The fourth-order valence-corrected chi connectivity index (χ4v) is 5.67. The molecule has 214 valence electrons.